The molecule has 1 N–H and O–H groups in total. The van der Waals surface area contributed by atoms with Gasteiger partial charge in [0.15, 0.2) is 5.82 Å². The number of rotatable bonds is 3. The van der Waals surface area contributed by atoms with Gasteiger partial charge >= 0.3 is 0 Å². The normalized spacial score (nSPS) is 9.89. The summed E-state index contributed by atoms with van der Waals surface area (Å²) in [4.78, 5) is 29.2. The third-order valence-electron chi connectivity index (χ3n) is 2.08. The molecule has 0 aliphatic carbocycles. The lowest BCUT2D eigenvalue weighted by Crippen LogP contribution is -2.23. The van der Waals surface area contributed by atoms with Gasteiger partial charge in [0.2, 0.25) is 0 Å². The summed E-state index contributed by atoms with van der Waals surface area (Å²) in [5.74, 6) is 0.787. The minimum Gasteiger partial charge on any atom is -0.343 e. The Kier molecular flexibility index (Phi) is 3.42. The van der Waals surface area contributed by atoms with Crippen molar-refractivity contribution in [3.05, 3.63) is 36.7 Å². The minimum atomic E-state index is -0.203. The van der Waals surface area contributed by atoms with Crippen molar-refractivity contribution in [3.8, 4) is 0 Å². The first-order chi connectivity index (χ1) is 8.66. The lowest BCUT2D eigenvalue weighted by atomic mass is 10.4. The fourth-order valence-electron chi connectivity index (χ4n) is 1.25. The number of carbonyl (C=O) groups excluding carboxylic acids is 1. The summed E-state index contributed by atoms with van der Waals surface area (Å²) in [6.07, 6.45) is 7.63. The lowest BCUT2D eigenvalue weighted by molar-refractivity contribution is 0.0821. The first-order valence-corrected chi connectivity index (χ1v) is 5.23. The van der Waals surface area contributed by atoms with E-state index >= 15 is 0 Å². The molecule has 2 rings (SSSR count). The van der Waals surface area contributed by atoms with E-state index in [4.69, 9.17) is 0 Å². The van der Waals surface area contributed by atoms with Crippen LogP contribution in [0, 0.1) is 0 Å². The molecule has 2 heterocycles. The number of amides is 1. The molecule has 0 spiro atoms. The summed E-state index contributed by atoms with van der Waals surface area (Å²) in [6.45, 7) is 0. The molecule has 0 fully saturated rings. The van der Waals surface area contributed by atoms with E-state index in [0.717, 1.165) is 0 Å². The smallest absolute Gasteiger partial charge is 0.273 e. The Morgan fingerprint density at radius 2 is 1.89 bits per heavy atom. The number of aromatic nitrogens is 4. The Morgan fingerprint density at radius 1 is 1.11 bits per heavy atom. The molecule has 0 aromatic carbocycles. The Hall–Kier alpha value is -2.57. The molecule has 0 saturated carbocycles. The largest absolute Gasteiger partial charge is 0.343 e. The highest BCUT2D eigenvalue weighted by atomic mass is 16.2. The summed E-state index contributed by atoms with van der Waals surface area (Å²) >= 11 is 0. The molecule has 7 nitrogen and oxygen atoms in total. The number of nitrogens with one attached hydrogen (secondary N) is 1. The average Bonchev–Trinajstić information content (AvgIpc) is 2.39. The number of anilines is 2. The van der Waals surface area contributed by atoms with Crippen LogP contribution in [0.4, 0.5) is 11.6 Å². The molecule has 0 radical (unpaired) electrons. The zero-order valence-electron chi connectivity index (χ0n) is 10.0. The van der Waals surface area contributed by atoms with Gasteiger partial charge < -0.3 is 10.2 Å². The Balaban J connectivity index is 2.20. The van der Waals surface area contributed by atoms with Crippen LogP contribution in [-0.2, 0) is 0 Å². The second-order valence-corrected chi connectivity index (χ2v) is 3.70. The maximum absolute atomic E-state index is 11.7. The molecule has 18 heavy (non-hydrogen) atoms. The van der Waals surface area contributed by atoms with Gasteiger partial charge in [-0.05, 0) is 0 Å². The van der Waals surface area contributed by atoms with Gasteiger partial charge in [0.05, 0.1) is 18.6 Å². The minimum absolute atomic E-state index is 0.203. The summed E-state index contributed by atoms with van der Waals surface area (Å²) in [5, 5.41) is 2.92. The van der Waals surface area contributed by atoms with Crippen LogP contribution in [-0.4, -0.2) is 44.8 Å². The number of nitrogens with zero attached hydrogens (tertiary/aromatic N) is 5. The van der Waals surface area contributed by atoms with Gasteiger partial charge in [-0.25, -0.2) is 9.97 Å². The van der Waals surface area contributed by atoms with E-state index in [2.05, 4.69) is 25.3 Å². The molecule has 0 bridgehead atoms. The topological polar surface area (TPSA) is 83.9 Å². The van der Waals surface area contributed by atoms with Crippen molar-refractivity contribution in [2.75, 3.05) is 19.4 Å². The summed E-state index contributed by atoms with van der Waals surface area (Å²) in [5.41, 5.74) is 0.272. The first-order valence-electron chi connectivity index (χ1n) is 5.23. The van der Waals surface area contributed by atoms with E-state index in [9.17, 15) is 4.79 Å². The third kappa shape index (κ3) is 2.76. The molecule has 7 heteroatoms. The zero-order chi connectivity index (χ0) is 13.0. The van der Waals surface area contributed by atoms with E-state index < -0.39 is 0 Å². The molecule has 1 amide bonds. The Morgan fingerprint density at radius 3 is 2.56 bits per heavy atom. The van der Waals surface area contributed by atoms with E-state index in [1.807, 2.05) is 0 Å². The van der Waals surface area contributed by atoms with Crippen molar-refractivity contribution < 1.29 is 4.79 Å². The van der Waals surface area contributed by atoms with Gasteiger partial charge in [-0.3, -0.25) is 14.8 Å². The second-order valence-electron chi connectivity index (χ2n) is 3.70. The fraction of sp³-hybridized carbons (Fsp3) is 0.182. The quantitative estimate of drug-likeness (QED) is 0.856. The highest BCUT2D eigenvalue weighted by Gasteiger charge is 2.10. The highest BCUT2D eigenvalue weighted by Crippen LogP contribution is 2.09. The zero-order valence-corrected chi connectivity index (χ0v) is 10.0. The summed E-state index contributed by atoms with van der Waals surface area (Å²) in [6, 6.07) is 0. The van der Waals surface area contributed by atoms with Crippen LogP contribution in [0.1, 0.15) is 10.5 Å². The van der Waals surface area contributed by atoms with Crippen molar-refractivity contribution in [1.82, 2.24) is 24.8 Å². The van der Waals surface area contributed by atoms with Crippen LogP contribution in [0.25, 0.3) is 0 Å². The van der Waals surface area contributed by atoms with Crippen molar-refractivity contribution >= 4 is 17.5 Å². The van der Waals surface area contributed by atoms with Crippen molar-refractivity contribution in [2.45, 2.75) is 0 Å². The molecule has 0 saturated heterocycles. The molecular formula is C11H12N6O. The van der Waals surface area contributed by atoms with Crippen molar-refractivity contribution in [3.63, 3.8) is 0 Å². The van der Waals surface area contributed by atoms with Crippen molar-refractivity contribution in [1.29, 1.82) is 0 Å². The van der Waals surface area contributed by atoms with Crippen LogP contribution in [0.5, 0.6) is 0 Å². The van der Waals surface area contributed by atoms with Gasteiger partial charge in [-0.2, -0.15) is 0 Å². The maximum Gasteiger partial charge on any atom is 0.273 e. The van der Waals surface area contributed by atoms with Gasteiger partial charge in [0, 0.05) is 26.5 Å². The summed E-state index contributed by atoms with van der Waals surface area (Å²) < 4.78 is 0. The third-order valence-corrected chi connectivity index (χ3v) is 2.08. The highest BCUT2D eigenvalue weighted by molar-refractivity contribution is 5.91. The van der Waals surface area contributed by atoms with E-state index in [-0.39, 0.29) is 11.6 Å². The molecule has 0 unspecified atom stereocenters. The SMILES string of the molecule is CN(C)C(=O)c1cncc(Nc2cnccn2)n1. The van der Waals surface area contributed by atoms with Crippen molar-refractivity contribution in [2.24, 2.45) is 0 Å². The maximum atomic E-state index is 11.7. The van der Waals surface area contributed by atoms with Crippen LogP contribution >= 0.6 is 0 Å². The monoisotopic (exact) mass is 244 g/mol. The van der Waals surface area contributed by atoms with Crippen LogP contribution < -0.4 is 5.32 Å². The molecule has 0 aliphatic heterocycles. The Bertz CT molecular complexity index is 542. The molecule has 2 aromatic heterocycles. The number of hydrogen-bond acceptors (Lipinski definition) is 6. The van der Waals surface area contributed by atoms with Gasteiger partial charge in [-0.1, -0.05) is 0 Å². The summed E-state index contributed by atoms with van der Waals surface area (Å²) in [7, 11) is 3.32. The standard InChI is InChI=1S/C11H12N6O/c1-17(2)11(18)8-5-13-7-10(15-8)16-9-6-12-3-4-14-9/h3-7H,1-2H3,(H,14,15,16). The average molecular weight is 244 g/mol. The lowest BCUT2D eigenvalue weighted by Gasteiger charge is -2.10. The molecular weight excluding hydrogens is 232 g/mol. The first kappa shape index (κ1) is 11.9. The Labute approximate surface area is 104 Å². The molecule has 2 aromatic rings. The molecule has 0 aliphatic rings. The number of carbonyl (C=O) groups is 1. The predicted octanol–water partition coefficient (Wildman–Crippen LogP) is 0.712. The van der Waals surface area contributed by atoms with E-state index in [0.29, 0.717) is 11.6 Å². The van der Waals surface area contributed by atoms with Crippen LogP contribution in [0.3, 0.4) is 0 Å². The van der Waals surface area contributed by atoms with E-state index in [1.165, 1.54) is 17.3 Å². The van der Waals surface area contributed by atoms with Crippen LogP contribution in [0.15, 0.2) is 31.0 Å². The van der Waals surface area contributed by atoms with E-state index in [1.54, 1.807) is 32.7 Å². The van der Waals surface area contributed by atoms with Crippen LogP contribution in [0.2, 0.25) is 0 Å². The van der Waals surface area contributed by atoms with Gasteiger partial charge in [0.25, 0.3) is 5.91 Å². The van der Waals surface area contributed by atoms with Gasteiger partial charge in [0.1, 0.15) is 11.5 Å². The second kappa shape index (κ2) is 5.17. The molecule has 92 valence electrons. The molecule has 0 atom stereocenters. The number of hydrogen-bond donors (Lipinski definition) is 1. The predicted molar refractivity (Wildman–Crippen MR) is 65.4 cm³/mol. The fourth-order valence-corrected chi connectivity index (χ4v) is 1.25. The van der Waals surface area contributed by atoms with Gasteiger partial charge in [-0.15, -0.1) is 0 Å².